The van der Waals surface area contributed by atoms with Gasteiger partial charge in [-0.3, -0.25) is 0 Å². The third kappa shape index (κ3) is 4.32. The van der Waals surface area contributed by atoms with E-state index in [2.05, 4.69) is 44.4 Å². The van der Waals surface area contributed by atoms with Crippen molar-refractivity contribution in [1.29, 1.82) is 0 Å². The van der Waals surface area contributed by atoms with Crippen molar-refractivity contribution in [2.24, 2.45) is 11.8 Å². The zero-order valence-electron chi connectivity index (χ0n) is 15.5. The van der Waals surface area contributed by atoms with Crippen LogP contribution in [0.5, 0.6) is 0 Å². The summed E-state index contributed by atoms with van der Waals surface area (Å²) in [6.07, 6.45) is 4.88. The molecule has 8 heteroatoms. The molecule has 2 aliphatic rings. The summed E-state index contributed by atoms with van der Waals surface area (Å²) >= 11 is 0. The minimum atomic E-state index is -1.08. The summed E-state index contributed by atoms with van der Waals surface area (Å²) in [4.78, 5) is 28.9. The number of rotatable bonds is 8. The van der Waals surface area contributed by atoms with Crippen molar-refractivity contribution in [3.8, 4) is 11.5 Å². The molecule has 2 saturated carbocycles. The van der Waals surface area contributed by atoms with Gasteiger partial charge in [-0.15, -0.1) is 0 Å². The zero-order chi connectivity index (χ0) is 19.0. The Bertz CT molecular complexity index is 812. The highest BCUT2D eigenvalue weighted by molar-refractivity contribution is 5.85. The highest BCUT2D eigenvalue weighted by Gasteiger charge is 2.30. The molecular formula is C19H24N6O2. The van der Waals surface area contributed by atoms with Crippen LogP contribution < -0.4 is 10.6 Å². The van der Waals surface area contributed by atoms with Gasteiger partial charge in [0.2, 0.25) is 11.9 Å². The van der Waals surface area contributed by atoms with Crippen molar-refractivity contribution in [3.63, 3.8) is 0 Å². The van der Waals surface area contributed by atoms with Crippen LogP contribution in [0.2, 0.25) is 0 Å². The molecule has 4 rings (SSSR count). The van der Waals surface area contributed by atoms with Crippen LogP contribution in [0, 0.1) is 11.8 Å². The van der Waals surface area contributed by atoms with Crippen LogP contribution in [-0.4, -0.2) is 43.1 Å². The Hall–Kier alpha value is -2.77. The molecule has 2 aliphatic carbocycles. The molecule has 3 N–H and O–H groups in total. The average Bonchev–Trinajstić information content (AvgIpc) is 3.54. The predicted molar refractivity (Wildman–Crippen MR) is 102 cm³/mol. The molecule has 2 heterocycles. The lowest BCUT2D eigenvalue weighted by molar-refractivity contribution is 0.0690. The third-order valence-electron chi connectivity index (χ3n) is 5.20. The first-order valence-corrected chi connectivity index (χ1v) is 9.49. The Labute approximate surface area is 157 Å². The van der Waals surface area contributed by atoms with Crippen LogP contribution in [0.1, 0.15) is 50.0 Å². The van der Waals surface area contributed by atoms with E-state index in [-0.39, 0.29) is 17.8 Å². The van der Waals surface area contributed by atoms with Gasteiger partial charge in [-0.25, -0.2) is 9.78 Å². The fraction of sp³-hybridized carbons (Fsp3) is 0.526. The van der Waals surface area contributed by atoms with Crippen molar-refractivity contribution in [1.82, 2.24) is 19.9 Å². The highest BCUT2D eigenvalue weighted by Crippen LogP contribution is 2.35. The molecular weight excluding hydrogens is 344 g/mol. The summed E-state index contributed by atoms with van der Waals surface area (Å²) in [6, 6.07) is 5.38. The molecule has 27 heavy (non-hydrogen) atoms. The number of nitrogens with one attached hydrogen (secondary N) is 2. The second-order valence-electron chi connectivity index (χ2n) is 7.56. The fourth-order valence-electron chi connectivity index (χ4n) is 3.13. The van der Waals surface area contributed by atoms with Crippen LogP contribution in [0.15, 0.2) is 18.2 Å². The summed E-state index contributed by atoms with van der Waals surface area (Å²) in [6.45, 7) is 4.26. The number of carbonyl (C=O) groups is 1. The monoisotopic (exact) mass is 368 g/mol. The van der Waals surface area contributed by atoms with Gasteiger partial charge in [0.05, 0.1) is 0 Å². The van der Waals surface area contributed by atoms with E-state index in [0.29, 0.717) is 35.3 Å². The molecule has 8 nitrogen and oxygen atoms in total. The van der Waals surface area contributed by atoms with Gasteiger partial charge in [-0.05, 0) is 63.5 Å². The second-order valence-corrected chi connectivity index (χ2v) is 7.56. The second kappa shape index (κ2) is 7.09. The maximum atomic E-state index is 11.2. The number of hydrogen-bond acceptors (Lipinski definition) is 7. The number of aromatic carboxylic acids is 1. The highest BCUT2D eigenvalue weighted by atomic mass is 16.4. The average molecular weight is 368 g/mol. The molecule has 2 aromatic heterocycles. The van der Waals surface area contributed by atoms with Crippen molar-refractivity contribution < 1.29 is 9.90 Å². The smallest absolute Gasteiger partial charge is 0.354 e. The number of nitrogens with zero attached hydrogens (tertiary/aromatic N) is 4. The molecule has 0 radical (unpaired) electrons. The summed E-state index contributed by atoms with van der Waals surface area (Å²) < 4.78 is 0. The van der Waals surface area contributed by atoms with E-state index >= 15 is 0 Å². The van der Waals surface area contributed by atoms with Gasteiger partial charge in [-0.1, -0.05) is 6.07 Å². The first-order valence-electron chi connectivity index (χ1n) is 9.49. The largest absolute Gasteiger partial charge is 0.477 e. The Morgan fingerprint density at radius 1 is 0.963 bits per heavy atom. The Kier molecular flexibility index (Phi) is 4.63. The van der Waals surface area contributed by atoms with Gasteiger partial charge in [0, 0.05) is 12.1 Å². The molecule has 0 spiro atoms. The quantitative estimate of drug-likeness (QED) is 0.651. The van der Waals surface area contributed by atoms with E-state index in [4.69, 9.17) is 0 Å². The summed E-state index contributed by atoms with van der Waals surface area (Å²) in [5.74, 6) is 1.58. The number of anilines is 2. The Morgan fingerprint density at radius 2 is 1.52 bits per heavy atom. The van der Waals surface area contributed by atoms with Crippen LogP contribution in [-0.2, 0) is 0 Å². The van der Waals surface area contributed by atoms with Crippen molar-refractivity contribution in [2.75, 3.05) is 10.6 Å². The van der Waals surface area contributed by atoms with Crippen molar-refractivity contribution in [3.05, 3.63) is 23.9 Å². The van der Waals surface area contributed by atoms with Crippen LogP contribution in [0.4, 0.5) is 11.9 Å². The molecule has 0 unspecified atom stereocenters. The van der Waals surface area contributed by atoms with Gasteiger partial charge in [0.25, 0.3) is 0 Å². The minimum Gasteiger partial charge on any atom is -0.477 e. The van der Waals surface area contributed by atoms with Gasteiger partial charge in [0.15, 0.2) is 5.82 Å². The number of aromatic nitrogens is 4. The molecule has 2 fully saturated rings. The van der Waals surface area contributed by atoms with Crippen molar-refractivity contribution >= 4 is 17.9 Å². The predicted octanol–water partition coefficient (Wildman–Crippen LogP) is 3.05. The van der Waals surface area contributed by atoms with E-state index < -0.39 is 5.97 Å². The molecule has 2 atom stereocenters. The normalized spacial score (nSPS) is 18.6. The minimum absolute atomic E-state index is 0.0328. The zero-order valence-corrected chi connectivity index (χ0v) is 15.5. The van der Waals surface area contributed by atoms with Crippen LogP contribution in [0.3, 0.4) is 0 Å². The summed E-state index contributed by atoms with van der Waals surface area (Å²) in [5, 5.41) is 15.9. The van der Waals surface area contributed by atoms with Gasteiger partial charge >= 0.3 is 5.97 Å². The molecule has 2 aromatic rings. The first-order chi connectivity index (χ1) is 13.0. The fourth-order valence-corrected chi connectivity index (χ4v) is 3.13. The topological polar surface area (TPSA) is 113 Å². The Morgan fingerprint density at radius 3 is 2.00 bits per heavy atom. The lowest BCUT2D eigenvalue weighted by atomic mass is 10.2. The van der Waals surface area contributed by atoms with E-state index in [1.807, 2.05) is 0 Å². The summed E-state index contributed by atoms with van der Waals surface area (Å²) in [5.41, 5.74) is 0.385. The van der Waals surface area contributed by atoms with E-state index in [1.165, 1.54) is 31.7 Å². The summed E-state index contributed by atoms with van der Waals surface area (Å²) in [7, 11) is 0. The third-order valence-corrected chi connectivity index (χ3v) is 5.20. The lowest BCUT2D eigenvalue weighted by Crippen LogP contribution is -2.23. The number of carboxylic acids is 1. The molecule has 0 aliphatic heterocycles. The standard InChI is InChI=1S/C19H24N6O2/c1-10(12-6-7-12)20-18-23-16(14-4-3-5-15(22-14)17(26)27)24-19(25-18)21-11(2)13-8-9-13/h3-5,10-13H,6-9H2,1-2H3,(H,26,27)(H2,20,21,23,24,25)/t10-,11-/m1/s1. The maximum Gasteiger partial charge on any atom is 0.354 e. The molecule has 0 aromatic carbocycles. The SMILES string of the molecule is C[C@@H](Nc1nc(N[C@H](C)C2CC2)nc(-c2cccc(C(=O)O)n2)n1)C1CC1. The van der Waals surface area contributed by atoms with Gasteiger partial charge < -0.3 is 15.7 Å². The number of carboxylic acid groups (broad SMARTS) is 1. The van der Waals surface area contributed by atoms with Crippen molar-refractivity contribution in [2.45, 2.75) is 51.6 Å². The van der Waals surface area contributed by atoms with E-state index in [1.54, 1.807) is 12.1 Å². The van der Waals surface area contributed by atoms with Gasteiger partial charge in [0.1, 0.15) is 11.4 Å². The first kappa shape index (κ1) is 17.6. The van der Waals surface area contributed by atoms with E-state index in [9.17, 15) is 9.90 Å². The lowest BCUT2D eigenvalue weighted by Gasteiger charge is -2.17. The van der Waals surface area contributed by atoms with Crippen LogP contribution >= 0.6 is 0 Å². The number of pyridine rings is 1. The van der Waals surface area contributed by atoms with Crippen LogP contribution in [0.25, 0.3) is 11.5 Å². The number of hydrogen-bond donors (Lipinski definition) is 3. The molecule has 0 amide bonds. The molecule has 0 bridgehead atoms. The molecule has 142 valence electrons. The Balaban J connectivity index is 1.65. The van der Waals surface area contributed by atoms with Gasteiger partial charge in [-0.2, -0.15) is 15.0 Å². The maximum absolute atomic E-state index is 11.2. The van der Waals surface area contributed by atoms with E-state index in [0.717, 1.165) is 0 Å². The molecule has 0 saturated heterocycles.